The van der Waals surface area contributed by atoms with Crippen LogP contribution in [-0.2, 0) is 6.42 Å². The summed E-state index contributed by atoms with van der Waals surface area (Å²) in [6.07, 6.45) is 5.11. The molecule has 2 N–H and O–H groups in total. The molecule has 0 spiro atoms. The van der Waals surface area contributed by atoms with E-state index in [0.29, 0.717) is 16.9 Å². The molecule has 23 heavy (non-hydrogen) atoms. The molecule has 1 saturated heterocycles. The molecule has 1 aromatic carbocycles. The lowest BCUT2D eigenvalue weighted by Gasteiger charge is -2.40. The van der Waals surface area contributed by atoms with Gasteiger partial charge in [-0.25, -0.2) is 0 Å². The summed E-state index contributed by atoms with van der Waals surface area (Å²) in [6.45, 7) is 11.0. The van der Waals surface area contributed by atoms with E-state index in [2.05, 4.69) is 44.7 Å². The maximum absolute atomic E-state index is 6.06. The fourth-order valence-corrected chi connectivity index (χ4v) is 5.39. The van der Waals surface area contributed by atoms with E-state index in [4.69, 9.17) is 10.5 Å². The van der Waals surface area contributed by atoms with Crippen LogP contribution in [0, 0.1) is 10.8 Å². The average Bonchev–Trinajstić information content (AvgIpc) is 2.68. The lowest BCUT2D eigenvalue weighted by molar-refractivity contribution is 0.120. The molecule has 3 unspecified atom stereocenters. The van der Waals surface area contributed by atoms with Gasteiger partial charge in [0.15, 0.2) is 0 Å². The zero-order valence-corrected chi connectivity index (χ0v) is 15.4. The van der Waals surface area contributed by atoms with E-state index in [1.807, 2.05) is 6.07 Å². The predicted octanol–water partition coefficient (Wildman–Crippen LogP) is 4.11. The quantitative estimate of drug-likeness (QED) is 0.850. The molecule has 3 nitrogen and oxygen atoms in total. The number of nitrogens with two attached hydrogens (primary N) is 1. The summed E-state index contributed by atoms with van der Waals surface area (Å²) in [5.41, 5.74) is 9.10. The van der Waals surface area contributed by atoms with Crippen LogP contribution in [0.2, 0.25) is 0 Å². The van der Waals surface area contributed by atoms with Crippen molar-refractivity contribution in [3.05, 3.63) is 23.8 Å². The van der Waals surface area contributed by atoms with Crippen LogP contribution in [0.5, 0.6) is 5.75 Å². The summed E-state index contributed by atoms with van der Waals surface area (Å²) < 4.78 is 5.26. The van der Waals surface area contributed by atoms with Crippen LogP contribution in [0.3, 0.4) is 0 Å². The number of fused-ring (bicyclic) bond motifs is 2. The SMILES string of the molecule is COc1ccc(CC(C)N2CC3(C)CC2CC(C)(C)C3)cc1N. The van der Waals surface area contributed by atoms with E-state index >= 15 is 0 Å². The molecule has 1 aromatic rings. The Morgan fingerprint density at radius 1 is 1.30 bits per heavy atom. The van der Waals surface area contributed by atoms with Crippen LogP contribution in [-0.4, -0.2) is 30.6 Å². The van der Waals surface area contributed by atoms with Gasteiger partial charge < -0.3 is 10.5 Å². The molecule has 1 aliphatic heterocycles. The number of anilines is 1. The number of hydrogen-bond donors (Lipinski definition) is 1. The lowest BCUT2D eigenvalue weighted by Crippen LogP contribution is -2.40. The maximum atomic E-state index is 6.06. The van der Waals surface area contributed by atoms with Crippen molar-refractivity contribution in [1.82, 2.24) is 4.90 Å². The fraction of sp³-hybridized carbons (Fsp3) is 0.700. The second kappa shape index (κ2) is 5.70. The highest BCUT2D eigenvalue weighted by Gasteiger charge is 2.50. The van der Waals surface area contributed by atoms with E-state index in [1.165, 1.54) is 31.4 Å². The smallest absolute Gasteiger partial charge is 0.141 e. The van der Waals surface area contributed by atoms with Gasteiger partial charge in [-0.2, -0.15) is 0 Å². The molecule has 1 saturated carbocycles. The van der Waals surface area contributed by atoms with Gasteiger partial charge >= 0.3 is 0 Å². The number of likely N-dealkylation sites (tertiary alicyclic amines) is 1. The summed E-state index contributed by atoms with van der Waals surface area (Å²) in [4.78, 5) is 2.76. The first-order chi connectivity index (χ1) is 10.7. The first kappa shape index (κ1) is 16.6. The molecule has 0 amide bonds. The Kier molecular flexibility index (Phi) is 4.12. The number of nitrogens with zero attached hydrogens (tertiary/aromatic N) is 1. The molecule has 2 fully saturated rings. The molecule has 1 heterocycles. The molecule has 2 bridgehead atoms. The Bertz CT molecular complexity index is 583. The minimum absolute atomic E-state index is 0.483. The second-order valence-corrected chi connectivity index (χ2v) is 9.02. The van der Waals surface area contributed by atoms with Gasteiger partial charge in [0.2, 0.25) is 0 Å². The number of methoxy groups -OCH3 is 1. The Labute approximate surface area is 141 Å². The number of benzene rings is 1. The molecule has 2 aliphatic rings. The van der Waals surface area contributed by atoms with E-state index in [-0.39, 0.29) is 0 Å². The number of rotatable bonds is 4. The van der Waals surface area contributed by atoms with Crippen LogP contribution in [0.25, 0.3) is 0 Å². The van der Waals surface area contributed by atoms with Crippen molar-refractivity contribution in [3.63, 3.8) is 0 Å². The highest BCUT2D eigenvalue weighted by molar-refractivity contribution is 5.54. The third-order valence-electron chi connectivity index (χ3n) is 5.85. The topological polar surface area (TPSA) is 38.5 Å². The van der Waals surface area contributed by atoms with Crippen molar-refractivity contribution in [2.45, 2.75) is 65.5 Å². The summed E-state index contributed by atoms with van der Waals surface area (Å²) in [5.74, 6) is 0.771. The van der Waals surface area contributed by atoms with Crippen molar-refractivity contribution < 1.29 is 4.74 Å². The zero-order chi connectivity index (χ0) is 16.8. The number of ether oxygens (including phenoxy) is 1. The van der Waals surface area contributed by atoms with E-state index in [1.54, 1.807) is 7.11 Å². The van der Waals surface area contributed by atoms with Gasteiger partial charge in [0.05, 0.1) is 12.8 Å². The molecule has 3 heteroatoms. The van der Waals surface area contributed by atoms with Crippen molar-refractivity contribution in [2.75, 3.05) is 19.4 Å². The van der Waals surface area contributed by atoms with Gasteiger partial charge in [0.25, 0.3) is 0 Å². The largest absolute Gasteiger partial charge is 0.495 e. The van der Waals surface area contributed by atoms with Crippen molar-refractivity contribution >= 4 is 5.69 Å². The minimum atomic E-state index is 0.483. The number of hydrogen-bond acceptors (Lipinski definition) is 3. The van der Waals surface area contributed by atoms with Crippen LogP contribution in [0.15, 0.2) is 18.2 Å². The Hall–Kier alpha value is -1.22. The van der Waals surface area contributed by atoms with Gasteiger partial charge in [-0.1, -0.05) is 26.8 Å². The normalized spacial score (nSPS) is 31.1. The maximum Gasteiger partial charge on any atom is 0.141 e. The summed E-state index contributed by atoms with van der Waals surface area (Å²) in [5, 5.41) is 0. The van der Waals surface area contributed by atoms with Crippen LogP contribution >= 0.6 is 0 Å². The van der Waals surface area contributed by atoms with Crippen LogP contribution < -0.4 is 10.5 Å². The van der Waals surface area contributed by atoms with E-state index in [0.717, 1.165) is 23.9 Å². The molecular weight excluding hydrogens is 284 g/mol. The Morgan fingerprint density at radius 2 is 2.04 bits per heavy atom. The lowest BCUT2D eigenvalue weighted by atomic mass is 9.65. The third kappa shape index (κ3) is 3.35. The minimum Gasteiger partial charge on any atom is -0.495 e. The summed E-state index contributed by atoms with van der Waals surface area (Å²) in [6, 6.07) is 7.52. The van der Waals surface area contributed by atoms with Gasteiger partial charge in [-0.3, -0.25) is 4.90 Å². The standard InChI is InChI=1S/C20H32N2O/c1-14(8-15-6-7-18(23-5)17(21)9-15)22-13-20(4)11-16(22)10-19(2,3)12-20/h6-7,9,14,16H,8,10-13,21H2,1-5H3. The van der Waals surface area contributed by atoms with Gasteiger partial charge in [0.1, 0.15) is 5.75 Å². The van der Waals surface area contributed by atoms with E-state index in [9.17, 15) is 0 Å². The van der Waals surface area contributed by atoms with Crippen LogP contribution in [0.4, 0.5) is 5.69 Å². The molecule has 3 atom stereocenters. The number of nitrogen functional groups attached to an aromatic ring is 1. The van der Waals surface area contributed by atoms with Crippen molar-refractivity contribution in [2.24, 2.45) is 10.8 Å². The molecule has 128 valence electrons. The third-order valence-corrected chi connectivity index (χ3v) is 5.85. The van der Waals surface area contributed by atoms with Crippen LogP contribution in [0.1, 0.15) is 52.5 Å². The Balaban J connectivity index is 1.72. The Morgan fingerprint density at radius 3 is 2.70 bits per heavy atom. The van der Waals surface area contributed by atoms with Crippen molar-refractivity contribution in [3.8, 4) is 5.75 Å². The van der Waals surface area contributed by atoms with Gasteiger partial charge in [-0.05, 0) is 61.1 Å². The molecule has 0 aromatic heterocycles. The van der Waals surface area contributed by atoms with Gasteiger partial charge in [-0.15, -0.1) is 0 Å². The zero-order valence-electron chi connectivity index (χ0n) is 15.4. The van der Waals surface area contributed by atoms with E-state index < -0.39 is 0 Å². The van der Waals surface area contributed by atoms with Gasteiger partial charge in [0, 0.05) is 18.6 Å². The molecule has 3 rings (SSSR count). The monoisotopic (exact) mass is 316 g/mol. The first-order valence-corrected chi connectivity index (χ1v) is 8.90. The summed E-state index contributed by atoms with van der Waals surface area (Å²) >= 11 is 0. The molecular formula is C20H32N2O. The average molecular weight is 316 g/mol. The second-order valence-electron chi connectivity index (χ2n) is 9.02. The molecule has 1 aliphatic carbocycles. The predicted molar refractivity (Wildman–Crippen MR) is 96.8 cm³/mol. The fourth-order valence-electron chi connectivity index (χ4n) is 5.39. The summed E-state index contributed by atoms with van der Waals surface area (Å²) in [7, 11) is 1.67. The first-order valence-electron chi connectivity index (χ1n) is 8.90. The highest BCUT2D eigenvalue weighted by atomic mass is 16.5. The van der Waals surface area contributed by atoms with Crippen molar-refractivity contribution in [1.29, 1.82) is 0 Å². The molecule has 0 radical (unpaired) electrons. The highest BCUT2D eigenvalue weighted by Crippen LogP contribution is 2.53.